The second-order valence-corrected chi connectivity index (χ2v) is 6.75. The van der Waals surface area contributed by atoms with Crippen molar-refractivity contribution in [3.05, 3.63) is 54.9 Å². The average molecular weight is 374 g/mol. The molecule has 4 rings (SSSR count). The number of benzene rings is 2. The van der Waals surface area contributed by atoms with E-state index in [0.29, 0.717) is 0 Å². The highest BCUT2D eigenvalue weighted by Crippen LogP contribution is 2.32. The molecule has 0 saturated heterocycles. The van der Waals surface area contributed by atoms with E-state index in [1.807, 2.05) is 48.5 Å². The van der Waals surface area contributed by atoms with Crippen molar-refractivity contribution in [2.24, 2.45) is 0 Å². The Morgan fingerprint density at radius 1 is 0.786 bits per heavy atom. The SMILES string of the molecule is COc1ccc(-c2ncnc3c2nc(-c2ccc(OC)cc2)n3C(C)C)cc1. The van der Waals surface area contributed by atoms with Crippen molar-refractivity contribution in [1.82, 2.24) is 19.5 Å². The molecule has 0 spiro atoms. The summed E-state index contributed by atoms with van der Waals surface area (Å²) in [6, 6.07) is 15.9. The van der Waals surface area contributed by atoms with Crippen molar-refractivity contribution >= 4 is 11.2 Å². The fourth-order valence-corrected chi connectivity index (χ4v) is 3.30. The van der Waals surface area contributed by atoms with Crippen molar-refractivity contribution in [1.29, 1.82) is 0 Å². The Balaban J connectivity index is 1.92. The van der Waals surface area contributed by atoms with Crippen molar-refractivity contribution in [2.75, 3.05) is 14.2 Å². The first kappa shape index (κ1) is 18.0. The first-order chi connectivity index (χ1) is 13.6. The minimum Gasteiger partial charge on any atom is -0.497 e. The zero-order valence-corrected chi connectivity index (χ0v) is 16.4. The van der Waals surface area contributed by atoms with E-state index in [2.05, 4.69) is 28.4 Å². The molecule has 0 radical (unpaired) electrons. The third kappa shape index (κ3) is 3.07. The molecule has 0 bridgehead atoms. The second kappa shape index (κ2) is 7.31. The van der Waals surface area contributed by atoms with E-state index in [1.165, 1.54) is 0 Å². The van der Waals surface area contributed by atoms with Crippen LogP contribution in [-0.2, 0) is 0 Å². The highest BCUT2D eigenvalue weighted by Gasteiger charge is 2.19. The summed E-state index contributed by atoms with van der Waals surface area (Å²) in [6.45, 7) is 4.26. The average Bonchev–Trinajstić information content (AvgIpc) is 3.14. The van der Waals surface area contributed by atoms with Crippen LogP contribution in [-0.4, -0.2) is 33.7 Å². The monoisotopic (exact) mass is 374 g/mol. The van der Waals surface area contributed by atoms with E-state index in [9.17, 15) is 0 Å². The Labute approximate surface area is 163 Å². The predicted octanol–water partition coefficient (Wildman–Crippen LogP) is 4.76. The molecule has 4 aromatic rings. The van der Waals surface area contributed by atoms with Gasteiger partial charge >= 0.3 is 0 Å². The van der Waals surface area contributed by atoms with Crippen LogP contribution in [0.3, 0.4) is 0 Å². The molecule has 0 atom stereocenters. The molecule has 6 heteroatoms. The smallest absolute Gasteiger partial charge is 0.164 e. The van der Waals surface area contributed by atoms with Crippen LogP contribution in [0, 0.1) is 0 Å². The minimum atomic E-state index is 0.195. The standard InChI is InChI=1S/C22H22N4O2/c1-14(2)26-21(16-7-11-18(28-4)12-8-16)25-20-19(23-13-24-22(20)26)15-5-9-17(27-3)10-6-15/h5-14H,1-4H3. The van der Waals surface area contributed by atoms with Gasteiger partial charge in [0, 0.05) is 17.2 Å². The fraction of sp³-hybridized carbons (Fsp3) is 0.227. The highest BCUT2D eigenvalue weighted by atomic mass is 16.5. The number of rotatable bonds is 5. The lowest BCUT2D eigenvalue weighted by Gasteiger charge is -2.12. The summed E-state index contributed by atoms with van der Waals surface area (Å²) in [4.78, 5) is 14.0. The summed E-state index contributed by atoms with van der Waals surface area (Å²) in [7, 11) is 3.32. The molecule has 2 heterocycles. The van der Waals surface area contributed by atoms with Crippen LogP contribution in [0.4, 0.5) is 0 Å². The van der Waals surface area contributed by atoms with E-state index in [4.69, 9.17) is 14.5 Å². The Morgan fingerprint density at radius 3 is 1.89 bits per heavy atom. The van der Waals surface area contributed by atoms with Gasteiger partial charge in [-0.05, 0) is 62.4 Å². The lowest BCUT2D eigenvalue weighted by molar-refractivity contribution is 0.414. The lowest BCUT2D eigenvalue weighted by Crippen LogP contribution is -2.04. The van der Waals surface area contributed by atoms with Gasteiger partial charge in [0.05, 0.1) is 14.2 Å². The molecule has 2 aromatic heterocycles. The van der Waals surface area contributed by atoms with Gasteiger partial charge in [-0.1, -0.05) is 0 Å². The molecule has 0 amide bonds. The summed E-state index contributed by atoms with van der Waals surface area (Å²) < 4.78 is 12.7. The van der Waals surface area contributed by atoms with Gasteiger partial charge in [0.25, 0.3) is 0 Å². The molecule has 142 valence electrons. The molecule has 2 aromatic carbocycles. The topological polar surface area (TPSA) is 62.1 Å². The highest BCUT2D eigenvalue weighted by molar-refractivity contribution is 5.90. The number of nitrogens with zero attached hydrogens (tertiary/aromatic N) is 4. The number of hydrogen-bond acceptors (Lipinski definition) is 5. The third-order valence-corrected chi connectivity index (χ3v) is 4.71. The zero-order valence-electron chi connectivity index (χ0n) is 16.4. The first-order valence-electron chi connectivity index (χ1n) is 9.14. The number of aromatic nitrogens is 4. The number of fused-ring (bicyclic) bond motifs is 1. The molecule has 0 aliphatic rings. The number of imidazole rings is 1. The van der Waals surface area contributed by atoms with E-state index in [-0.39, 0.29) is 6.04 Å². The molecule has 0 aliphatic carbocycles. The quantitative estimate of drug-likeness (QED) is 0.504. The molecule has 0 unspecified atom stereocenters. The Bertz CT molecular complexity index is 1100. The molecule has 0 fully saturated rings. The molecule has 28 heavy (non-hydrogen) atoms. The molecule has 0 aliphatic heterocycles. The van der Waals surface area contributed by atoms with E-state index < -0.39 is 0 Å². The van der Waals surface area contributed by atoms with Crippen molar-refractivity contribution in [2.45, 2.75) is 19.9 Å². The van der Waals surface area contributed by atoms with Crippen LogP contribution in [0.15, 0.2) is 54.9 Å². The summed E-state index contributed by atoms with van der Waals surface area (Å²) in [5.74, 6) is 2.48. The van der Waals surface area contributed by atoms with Crippen LogP contribution in [0.25, 0.3) is 33.8 Å². The van der Waals surface area contributed by atoms with Crippen LogP contribution in [0.5, 0.6) is 11.5 Å². The van der Waals surface area contributed by atoms with E-state index in [0.717, 1.165) is 45.3 Å². The first-order valence-corrected chi connectivity index (χ1v) is 9.14. The van der Waals surface area contributed by atoms with Crippen molar-refractivity contribution in [3.63, 3.8) is 0 Å². The molecular weight excluding hydrogens is 352 g/mol. The Kier molecular flexibility index (Phi) is 4.69. The Morgan fingerprint density at radius 2 is 1.36 bits per heavy atom. The van der Waals surface area contributed by atoms with E-state index in [1.54, 1.807) is 20.5 Å². The molecule has 0 saturated carbocycles. The summed E-state index contributed by atoms with van der Waals surface area (Å²) in [5.41, 5.74) is 4.40. The molecule has 0 N–H and O–H groups in total. The molecule has 6 nitrogen and oxygen atoms in total. The van der Waals surface area contributed by atoms with Crippen LogP contribution < -0.4 is 9.47 Å². The van der Waals surface area contributed by atoms with Gasteiger partial charge in [0.2, 0.25) is 0 Å². The maximum Gasteiger partial charge on any atom is 0.164 e. The fourth-order valence-electron chi connectivity index (χ4n) is 3.30. The molecular formula is C22H22N4O2. The zero-order chi connectivity index (χ0) is 19.7. The predicted molar refractivity (Wildman–Crippen MR) is 110 cm³/mol. The summed E-state index contributed by atoms with van der Waals surface area (Å²) in [5, 5.41) is 0. The maximum absolute atomic E-state index is 5.28. The largest absolute Gasteiger partial charge is 0.497 e. The minimum absolute atomic E-state index is 0.195. The summed E-state index contributed by atoms with van der Waals surface area (Å²) >= 11 is 0. The Hall–Kier alpha value is -3.41. The van der Waals surface area contributed by atoms with Crippen LogP contribution >= 0.6 is 0 Å². The normalized spacial score (nSPS) is 11.2. The van der Waals surface area contributed by atoms with Crippen LogP contribution in [0.1, 0.15) is 19.9 Å². The number of hydrogen-bond donors (Lipinski definition) is 0. The van der Waals surface area contributed by atoms with E-state index >= 15 is 0 Å². The third-order valence-electron chi connectivity index (χ3n) is 4.71. The number of methoxy groups -OCH3 is 2. The number of ether oxygens (including phenoxy) is 2. The van der Waals surface area contributed by atoms with Crippen molar-refractivity contribution in [3.8, 4) is 34.1 Å². The maximum atomic E-state index is 5.28. The lowest BCUT2D eigenvalue weighted by atomic mass is 10.1. The van der Waals surface area contributed by atoms with Crippen LogP contribution in [0.2, 0.25) is 0 Å². The van der Waals surface area contributed by atoms with Gasteiger partial charge in [0.15, 0.2) is 5.65 Å². The van der Waals surface area contributed by atoms with Crippen molar-refractivity contribution < 1.29 is 9.47 Å². The summed E-state index contributed by atoms with van der Waals surface area (Å²) in [6.07, 6.45) is 1.60. The van der Waals surface area contributed by atoms with Gasteiger partial charge in [-0.3, -0.25) is 0 Å². The van der Waals surface area contributed by atoms with Gasteiger partial charge < -0.3 is 14.0 Å². The second-order valence-electron chi connectivity index (χ2n) is 6.75. The van der Waals surface area contributed by atoms with Gasteiger partial charge in [-0.2, -0.15) is 0 Å². The van der Waals surface area contributed by atoms with Gasteiger partial charge in [-0.25, -0.2) is 15.0 Å². The van der Waals surface area contributed by atoms with Gasteiger partial charge in [-0.15, -0.1) is 0 Å². The van der Waals surface area contributed by atoms with Gasteiger partial charge in [0.1, 0.15) is 34.9 Å².